The zero-order valence-corrected chi connectivity index (χ0v) is 10.2. The van der Waals surface area contributed by atoms with Gasteiger partial charge in [0.15, 0.2) is 0 Å². The average Bonchev–Trinajstić information content (AvgIpc) is 2.59. The third kappa shape index (κ3) is 2.02. The summed E-state index contributed by atoms with van der Waals surface area (Å²) in [6, 6.07) is 7.34. The SMILES string of the molecule is Cn1ncc(-c2ccccc2C(C)(C)F)c1N. The normalized spacial score (nSPS) is 11.8. The van der Waals surface area contributed by atoms with Gasteiger partial charge in [-0.25, -0.2) is 4.39 Å². The number of rotatable bonds is 2. The van der Waals surface area contributed by atoms with E-state index < -0.39 is 5.67 Å². The van der Waals surface area contributed by atoms with E-state index in [-0.39, 0.29) is 0 Å². The lowest BCUT2D eigenvalue weighted by Crippen LogP contribution is -2.11. The molecule has 0 spiro atoms. The molecule has 2 aromatic rings. The molecule has 0 atom stereocenters. The molecule has 1 heterocycles. The number of benzene rings is 1. The standard InChI is InChI=1S/C13H16FN3/c1-13(2,14)11-7-5-4-6-9(11)10-8-16-17(3)12(10)15/h4-8H,15H2,1-3H3. The molecule has 17 heavy (non-hydrogen) atoms. The van der Waals surface area contributed by atoms with Gasteiger partial charge in [0.05, 0.1) is 6.20 Å². The van der Waals surface area contributed by atoms with E-state index in [0.29, 0.717) is 11.4 Å². The monoisotopic (exact) mass is 233 g/mol. The van der Waals surface area contributed by atoms with Crippen molar-refractivity contribution in [2.75, 3.05) is 5.73 Å². The van der Waals surface area contributed by atoms with Gasteiger partial charge in [-0.2, -0.15) is 5.10 Å². The number of hydrogen-bond donors (Lipinski definition) is 1. The molecule has 0 radical (unpaired) electrons. The fraction of sp³-hybridized carbons (Fsp3) is 0.308. The van der Waals surface area contributed by atoms with E-state index in [4.69, 9.17) is 5.73 Å². The quantitative estimate of drug-likeness (QED) is 0.866. The Morgan fingerprint density at radius 1 is 1.24 bits per heavy atom. The summed E-state index contributed by atoms with van der Waals surface area (Å²) in [4.78, 5) is 0. The Balaban J connectivity index is 2.64. The third-order valence-corrected chi connectivity index (χ3v) is 2.84. The Kier molecular flexibility index (Phi) is 2.65. The topological polar surface area (TPSA) is 43.8 Å². The van der Waals surface area contributed by atoms with Gasteiger partial charge in [0.25, 0.3) is 0 Å². The van der Waals surface area contributed by atoms with Crippen molar-refractivity contribution in [3.8, 4) is 11.1 Å². The summed E-state index contributed by atoms with van der Waals surface area (Å²) < 4.78 is 15.7. The molecule has 0 aliphatic heterocycles. The predicted molar refractivity (Wildman–Crippen MR) is 67.2 cm³/mol. The highest BCUT2D eigenvalue weighted by atomic mass is 19.1. The molecule has 0 unspecified atom stereocenters. The summed E-state index contributed by atoms with van der Waals surface area (Å²) in [5.74, 6) is 0.543. The highest BCUT2D eigenvalue weighted by Gasteiger charge is 2.24. The number of nitrogens with zero attached hydrogens (tertiary/aromatic N) is 2. The van der Waals surface area contributed by atoms with Gasteiger partial charge in [-0.05, 0) is 25.0 Å². The Hall–Kier alpha value is -1.84. The number of aromatic nitrogens is 2. The fourth-order valence-corrected chi connectivity index (χ4v) is 1.89. The van der Waals surface area contributed by atoms with Gasteiger partial charge < -0.3 is 5.73 Å². The van der Waals surface area contributed by atoms with Crippen molar-refractivity contribution < 1.29 is 4.39 Å². The van der Waals surface area contributed by atoms with Crippen molar-refractivity contribution in [3.63, 3.8) is 0 Å². The minimum Gasteiger partial charge on any atom is -0.383 e. The van der Waals surface area contributed by atoms with Crippen LogP contribution in [-0.4, -0.2) is 9.78 Å². The van der Waals surface area contributed by atoms with Gasteiger partial charge in [0.2, 0.25) is 0 Å². The molecule has 0 aliphatic carbocycles. The van der Waals surface area contributed by atoms with Crippen molar-refractivity contribution >= 4 is 5.82 Å². The maximum absolute atomic E-state index is 14.1. The smallest absolute Gasteiger partial charge is 0.131 e. The summed E-state index contributed by atoms with van der Waals surface area (Å²) in [5, 5.41) is 4.08. The molecule has 2 rings (SSSR count). The second kappa shape index (κ2) is 3.87. The zero-order valence-electron chi connectivity index (χ0n) is 10.2. The lowest BCUT2D eigenvalue weighted by Gasteiger charge is -2.18. The molecule has 4 heteroatoms. The van der Waals surface area contributed by atoms with Gasteiger partial charge >= 0.3 is 0 Å². The first-order valence-corrected chi connectivity index (χ1v) is 5.47. The first-order chi connectivity index (χ1) is 7.91. The third-order valence-electron chi connectivity index (χ3n) is 2.84. The van der Waals surface area contributed by atoms with Crippen LogP contribution in [0.2, 0.25) is 0 Å². The van der Waals surface area contributed by atoms with E-state index in [1.165, 1.54) is 0 Å². The molecule has 0 saturated heterocycles. The Labute approximate surface area is 100 Å². The molecule has 0 saturated carbocycles. The van der Waals surface area contributed by atoms with Gasteiger partial charge in [0.1, 0.15) is 11.5 Å². The molecule has 0 bridgehead atoms. The molecule has 1 aromatic carbocycles. The van der Waals surface area contributed by atoms with Crippen molar-refractivity contribution in [2.24, 2.45) is 7.05 Å². The summed E-state index contributed by atoms with van der Waals surface area (Å²) in [6.45, 7) is 3.08. The van der Waals surface area contributed by atoms with Crippen LogP contribution in [0.1, 0.15) is 19.4 Å². The van der Waals surface area contributed by atoms with Crippen LogP contribution in [0.25, 0.3) is 11.1 Å². The second-order valence-electron chi connectivity index (χ2n) is 4.59. The molecule has 90 valence electrons. The summed E-state index contributed by atoms with van der Waals surface area (Å²) >= 11 is 0. The molecular weight excluding hydrogens is 217 g/mol. The van der Waals surface area contributed by atoms with E-state index >= 15 is 0 Å². The molecule has 2 N–H and O–H groups in total. The second-order valence-corrected chi connectivity index (χ2v) is 4.59. The molecule has 0 aliphatic rings. The molecule has 1 aromatic heterocycles. The van der Waals surface area contributed by atoms with Gasteiger partial charge in [-0.3, -0.25) is 4.68 Å². The summed E-state index contributed by atoms with van der Waals surface area (Å²) in [7, 11) is 1.77. The molecular formula is C13H16FN3. The maximum Gasteiger partial charge on any atom is 0.131 e. The molecule has 3 nitrogen and oxygen atoms in total. The summed E-state index contributed by atoms with van der Waals surface area (Å²) in [6.07, 6.45) is 1.67. The Morgan fingerprint density at radius 2 is 1.88 bits per heavy atom. The van der Waals surface area contributed by atoms with Crippen molar-refractivity contribution in [1.29, 1.82) is 0 Å². The van der Waals surface area contributed by atoms with Crippen LogP contribution in [0, 0.1) is 0 Å². The van der Waals surface area contributed by atoms with Crippen LogP contribution in [0.3, 0.4) is 0 Å². The van der Waals surface area contributed by atoms with Crippen LogP contribution in [0.15, 0.2) is 30.5 Å². The molecule has 0 fully saturated rings. The highest BCUT2D eigenvalue weighted by molar-refractivity contribution is 5.76. The summed E-state index contributed by atoms with van der Waals surface area (Å²) in [5.41, 5.74) is 6.71. The average molecular weight is 233 g/mol. The van der Waals surface area contributed by atoms with E-state index in [1.807, 2.05) is 18.2 Å². The van der Waals surface area contributed by atoms with Gasteiger partial charge in [-0.1, -0.05) is 24.3 Å². The van der Waals surface area contributed by atoms with Crippen molar-refractivity contribution in [1.82, 2.24) is 9.78 Å². The Morgan fingerprint density at radius 3 is 2.41 bits per heavy atom. The largest absolute Gasteiger partial charge is 0.383 e. The first kappa shape index (κ1) is 11.6. The van der Waals surface area contributed by atoms with E-state index in [0.717, 1.165) is 11.1 Å². The van der Waals surface area contributed by atoms with Crippen LogP contribution in [0.4, 0.5) is 10.2 Å². The highest BCUT2D eigenvalue weighted by Crippen LogP contribution is 2.36. The fourth-order valence-electron chi connectivity index (χ4n) is 1.89. The van der Waals surface area contributed by atoms with Crippen LogP contribution < -0.4 is 5.73 Å². The van der Waals surface area contributed by atoms with Gasteiger partial charge in [0, 0.05) is 12.6 Å². The number of alkyl halides is 1. The number of aryl methyl sites for hydroxylation is 1. The lowest BCUT2D eigenvalue weighted by molar-refractivity contribution is 0.222. The minimum atomic E-state index is -1.40. The number of anilines is 1. The number of nitrogens with two attached hydrogens (primary N) is 1. The maximum atomic E-state index is 14.1. The van der Waals surface area contributed by atoms with E-state index in [9.17, 15) is 4.39 Å². The predicted octanol–water partition coefficient (Wildman–Crippen LogP) is 2.87. The number of nitrogen functional groups attached to an aromatic ring is 1. The lowest BCUT2D eigenvalue weighted by atomic mass is 9.92. The molecule has 0 amide bonds. The number of halogens is 1. The Bertz CT molecular complexity index is 538. The van der Waals surface area contributed by atoms with Crippen molar-refractivity contribution in [2.45, 2.75) is 19.5 Å². The van der Waals surface area contributed by atoms with Crippen LogP contribution >= 0.6 is 0 Å². The first-order valence-electron chi connectivity index (χ1n) is 5.47. The van der Waals surface area contributed by atoms with Gasteiger partial charge in [-0.15, -0.1) is 0 Å². The van der Waals surface area contributed by atoms with Crippen LogP contribution in [-0.2, 0) is 12.7 Å². The van der Waals surface area contributed by atoms with Crippen molar-refractivity contribution in [3.05, 3.63) is 36.0 Å². The van der Waals surface area contributed by atoms with E-state index in [1.54, 1.807) is 37.8 Å². The number of hydrogen-bond acceptors (Lipinski definition) is 2. The van der Waals surface area contributed by atoms with E-state index in [2.05, 4.69) is 5.10 Å². The minimum absolute atomic E-state index is 0.543. The van der Waals surface area contributed by atoms with Crippen LogP contribution in [0.5, 0.6) is 0 Å². The zero-order chi connectivity index (χ0) is 12.6.